The molecule has 2 atom stereocenters. The molecule has 1 aromatic carbocycles. The van der Waals surface area contributed by atoms with Gasteiger partial charge in [-0.2, -0.15) is 4.98 Å². The summed E-state index contributed by atoms with van der Waals surface area (Å²) in [6.07, 6.45) is 1.61. The molecule has 5 nitrogen and oxygen atoms in total. The number of nitrogens with zero attached hydrogens (tertiary/aromatic N) is 2. The van der Waals surface area contributed by atoms with Gasteiger partial charge in [0.2, 0.25) is 5.89 Å². The first-order chi connectivity index (χ1) is 9.78. The Morgan fingerprint density at radius 2 is 2.25 bits per heavy atom. The van der Waals surface area contributed by atoms with E-state index in [4.69, 9.17) is 15.0 Å². The lowest BCUT2D eigenvalue weighted by Gasteiger charge is -2.23. The van der Waals surface area contributed by atoms with E-state index in [0.29, 0.717) is 25.0 Å². The van der Waals surface area contributed by atoms with Crippen molar-refractivity contribution < 1.29 is 9.26 Å². The zero-order valence-electron chi connectivity index (χ0n) is 11.6. The molecule has 106 valence electrons. The van der Waals surface area contributed by atoms with Gasteiger partial charge in [0.05, 0.1) is 12.5 Å². The van der Waals surface area contributed by atoms with E-state index in [1.807, 2.05) is 18.2 Å². The number of rotatable bonds is 4. The van der Waals surface area contributed by atoms with E-state index in [-0.39, 0.29) is 5.92 Å². The molecule has 0 fully saturated rings. The van der Waals surface area contributed by atoms with Crippen LogP contribution < -0.4 is 10.5 Å². The average Bonchev–Trinajstić information content (AvgIpc) is 2.94. The number of aromatic nitrogens is 2. The maximum absolute atomic E-state index is 5.66. The average molecular weight is 273 g/mol. The Bertz CT molecular complexity index is 582. The zero-order chi connectivity index (χ0) is 13.9. The van der Waals surface area contributed by atoms with Gasteiger partial charge < -0.3 is 15.0 Å². The molecule has 1 aliphatic rings. The van der Waals surface area contributed by atoms with Gasteiger partial charge in [-0.15, -0.1) is 0 Å². The molecule has 1 aromatic heterocycles. The largest absolute Gasteiger partial charge is 0.493 e. The molecule has 20 heavy (non-hydrogen) atoms. The summed E-state index contributed by atoms with van der Waals surface area (Å²) >= 11 is 0. The van der Waals surface area contributed by atoms with Crippen molar-refractivity contribution in [3.8, 4) is 5.75 Å². The predicted octanol–water partition coefficient (Wildman–Crippen LogP) is 2.12. The number of para-hydroxylation sites is 1. The van der Waals surface area contributed by atoms with Crippen molar-refractivity contribution in [3.05, 3.63) is 41.5 Å². The van der Waals surface area contributed by atoms with Crippen molar-refractivity contribution in [1.82, 2.24) is 10.1 Å². The number of nitrogens with two attached hydrogens (primary N) is 1. The molecule has 2 aromatic rings. The summed E-state index contributed by atoms with van der Waals surface area (Å²) < 4.78 is 11.0. The third-order valence-electron chi connectivity index (χ3n) is 3.68. The minimum atomic E-state index is 0.158. The van der Waals surface area contributed by atoms with Crippen molar-refractivity contribution in [3.63, 3.8) is 0 Å². The minimum Gasteiger partial charge on any atom is -0.493 e. The van der Waals surface area contributed by atoms with Crippen LogP contribution in [-0.4, -0.2) is 23.3 Å². The molecular weight excluding hydrogens is 254 g/mol. The van der Waals surface area contributed by atoms with Crippen molar-refractivity contribution >= 4 is 0 Å². The summed E-state index contributed by atoms with van der Waals surface area (Å²) in [5.74, 6) is 2.85. The quantitative estimate of drug-likeness (QED) is 0.923. The number of benzene rings is 1. The highest BCUT2D eigenvalue weighted by Gasteiger charge is 2.27. The van der Waals surface area contributed by atoms with Crippen LogP contribution in [0.4, 0.5) is 0 Å². The maximum atomic E-state index is 5.66. The second-order valence-corrected chi connectivity index (χ2v) is 5.32. The Hall–Kier alpha value is -1.88. The molecule has 0 radical (unpaired) electrons. The van der Waals surface area contributed by atoms with E-state index in [1.54, 1.807) is 0 Å². The van der Waals surface area contributed by atoms with Crippen LogP contribution in [0.2, 0.25) is 0 Å². The molecule has 2 N–H and O–H groups in total. The van der Waals surface area contributed by atoms with Gasteiger partial charge in [-0.1, -0.05) is 30.3 Å². The molecule has 2 heterocycles. The number of ether oxygens (including phenoxy) is 1. The molecular formula is C15H19N3O2. The van der Waals surface area contributed by atoms with E-state index >= 15 is 0 Å². The summed E-state index contributed by atoms with van der Waals surface area (Å²) in [6, 6.07) is 8.04. The van der Waals surface area contributed by atoms with E-state index in [9.17, 15) is 0 Å². The summed E-state index contributed by atoms with van der Waals surface area (Å²) in [7, 11) is 0. The van der Waals surface area contributed by atoms with E-state index < -0.39 is 0 Å². The molecule has 0 aliphatic carbocycles. The van der Waals surface area contributed by atoms with Gasteiger partial charge >= 0.3 is 0 Å². The predicted molar refractivity (Wildman–Crippen MR) is 74.6 cm³/mol. The number of fused-ring (bicyclic) bond motifs is 1. The molecule has 5 heteroatoms. The summed E-state index contributed by atoms with van der Waals surface area (Å²) in [6.45, 7) is 3.39. The summed E-state index contributed by atoms with van der Waals surface area (Å²) in [5.41, 5.74) is 6.76. The van der Waals surface area contributed by atoms with Crippen LogP contribution in [0.5, 0.6) is 5.75 Å². The fraction of sp³-hybridized carbons (Fsp3) is 0.467. The molecule has 1 aliphatic heterocycles. The van der Waals surface area contributed by atoms with E-state index in [0.717, 1.165) is 30.0 Å². The fourth-order valence-corrected chi connectivity index (χ4v) is 2.48. The van der Waals surface area contributed by atoms with Crippen LogP contribution in [0.1, 0.15) is 36.5 Å². The Balaban J connectivity index is 1.84. The third kappa shape index (κ3) is 2.54. The maximum Gasteiger partial charge on any atom is 0.226 e. The number of hydrogen-bond acceptors (Lipinski definition) is 5. The highest BCUT2D eigenvalue weighted by molar-refractivity contribution is 5.40. The van der Waals surface area contributed by atoms with Crippen LogP contribution in [0.3, 0.4) is 0 Å². The highest BCUT2D eigenvalue weighted by Crippen LogP contribution is 2.36. The Morgan fingerprint density at radius 1 is 1.40 bits per heavy atom. The smallest absolute Gasteiger partial charge is 0.226 e. The van der Waals surface area contributed by atoms with Gasteiger partial charge in [-0.05, 0) is 24.9 Å². The van der Waals surface area contributed by atoms with Crippen molar-refractivity contribution in [2.45, 2.75) is 25.7 Å². The first kappa shape index (κ1) is 13.1. The van der Waals surface area contributed by atoms with Gasteiger partial charge in [-0.3, -0.25) is 0 Å². The monoisotopic (exact) mass is 273 g/mol. The second-order valence-electron chi connectivity index (χ2n) is 5.32. The fourth-order valence-electron chi connectivity index (χ4n) is 2.48. The molecule has 0 bridgehead atoms. The molecule has 2 unspecified atom stereocenters. The first-order valence-corrected chi connectivity index (χ1v) is 7.02. The Morgan fingerprint density at radius 3 is 3.10 bits per heavy atom. The molecule has 0 saturated heterocycles. The Labute approximate surface area is 118 Å². The van der Waals surface area contributed by atoms with Gasteiger partial charge in [-0.25, -0.2) is 0 Å². The van der Waals surface area contributed by atoms with Gasteiger partial charge in [0.15, 0.2) is 5.82 Å². The van der Waals surface area contributed by atoms with Crippen LogP contribution >= 0.6 is 0 Å². The molecule has 0 spiro atoms. The summed E-state index contributed by atoms with van der Waals surface area (Å²) in [5, 5.41) is 4.14. The van der Waals surface area contributed by atoms with Gasteiger partial charge in [0.1, 0.15) is 5.75 Å². The zero-order valence-corrected chi connectivity index (χ0v) is 11.6. The van der Waals surface area contributed by atoms with Crippen LogP contribution in [0.15, 0.2) is 28.8 Å². The van der Waals surface area contributed by atoms with Crippen molar-refractivity contribution in [1.29, 1.82) is 0 Å². The highest BCUT2D eigenvalue weighted by atomic mass is 16.5. The topological polar surface area (TPSA) is 74.2 Å². The second kappa shape index (κ2) is 5.63. The van der Waals surface area contributed by atoms with Crippen molar-refractivity contribution in [2.24, 2.45) is 11.7 Å². The lowest BCUT2D eigenvalue weighted by molar-refractivity contribution is 0.272. The standard InChI is InChI=1S/C15H19N3O2/c1-10(9-16)8-14-17-15(18-20-14)12-6-7-19-13-5-3-2-4-11(12)13/h2-5,10,12H,6-9,16H2,1H3. The molecule has 0 amide bonds. The van der Waals surface area contributed by atoms with Gasteiger partial charge in [0, 0.05) is 12.0 Å². The lowest BCUT2D eigenvalue weighted by Crippen LogP contribution is -2.16. The van der Waals surface area contributed by atoms with E-state index in [2.05, 4.69) is 23.1 Å². The van der Waals surface area contributed by atoms with Crippen molar-refractivity contribution in [2.75, 3.05) is 13.2 Å². The first-order valence-electron chi connectivity index (χ1n) is 7.02. The van der Waals surface area contributed by atoms with Crippen LogP contribution in [-0.2, 0) is 6.42 Å². The lowest BCUT2D eigenvalue weighted by atomic mass is 9.92. The van der Waals surface area contributed by atoms with E-state index in [1.165, 1.54) is 0 Å². The minimum absolute atomic E-state index is 0.158. The molecule has 0 saturated carbocycles. The van der Waals surface area contributed by atoms with Crippen LogP contribution in [0, 0.1) is 5.92 Å². The normalized spacial score (nSPS) is 19.2. The van der Waals surface area contributed by atoms with Gasteiger partial charge in [0.25, 0.3) is 0 Å². The number of hydrogen-bond donors (Lipinski definition) is 1. The summed E-state index contributed by atoms with van der Waals surface area (Å²) in [4.78, 5) is 4.53. The van der Waals surface area contributed by atoms with Crippen LogP contribution in [0.25, 0.3) is 0 Å². The third-order valence-corrected chi connectivity index (χ3v) is 3.68. The SMILES string of the molecule is CC(CN)Cc1nc(C2CCOc3ccccc32)no1. The molecule has 3 rings (SSSR count). The Kier molecular flexibility index (Phi) is 3.69.